The summed E-state index contributed by atoms with van der Waals surface area (Å²) in [4.78, 5) is 28.4. The molecule has 2 heterocycles. The Kier molecular flexibility index (Phi) is 6.62. The van der Waals surface area contributed by atoms with Crippen LogP contribution in [0.5, 0.6) is 0 Å². The second-order valence-electron chi connectivity index (χ2n) is 8.08. The summed E-state index contributed by atoms with van der Waals surface area (Å²) in [5, 5.41) is 9.27. The van der Waals surface area contributed by atoms with Crippen molar-refractivity contribution in [3.8, 4) is 0 Å². The third-order valence-corrected chi connectivity index (χ3v) is 7.51. The molecule has 0 radical (unpaired) electrons. The van der Waals surface area contributed by atoms with Crippen LogP contribution in [0.2, 0.25) is 0 Å². The summed E-state index contributed by atoms with van der Waals surface area (Å²) in [7, 11) is 0. The van der Waals surface area contributed by atoms with E-state index in [0.717, 1.165) is 29.7 Å². The lowest BCUT2D eigenvalue weighted by Crippen LogP contribution is -2.40. The summed E-state index contributed by atoms with van der Waals surface area (Å²) in [6.45, 7) is 1.26. The van der Waals surface area contributed by atoms with E-state index in [1.54, 1.807) is 0 Å². The van der Waals surface area contributed by atoms with Gasteiger partial charge in [0.05, 0.1) is 12.1 Å². The smallest absolute Gasteiger partial charge is 0.321 e. The van der Waals surface area contributed by atoms with Crippen molar-refractivity contribution >= 4 is 23.8 Å². The van der Waals surface area contributed by atoms with Crippen LogP contribution in [0, 0.1) is 0 Å². The molecule has 6 heteroatoms. The number of urea groups is 1. The van der Waals surface area contributed by atoms with Crippen molar-refractivity contribution in [3.63, 3.8) is 0 Å². The maximum absolute atomic E-state index is 13.5. The normalized spacial score (nSPS) is 23.1. The molecule has 4 rings (SSSR count). The highest BCUT2D eigenvalue weighted by atomic mass is 32.2. The van der Waals surface area contributed by atoms with Gasteiger partial charge in [-0.1, -0.05) is 67.1 Å². The van der Waals surface area contributed by atoms with Crippen LogP contribution in [-0.4, -0.2) is 50.0 Å². The molecule has 0 aliphatic carbocycles. The fraction of sp³-hybridized carbons (Fsp3) is 0.417. The van der Waals surface area contributed by atoms with Crippen molar-refractivity contribution in [2.45, 2.75) is 56.1 Å². The van der Waals surface area contributed by atoms with E-state index in [1.807, 2.05) is 53.1 Å². The predicted octanol–water partition coefficient (Wildman–Crippen LogP) is 4.62. The Morgan fingerprint density at radius 2 is 1.53 bits per heavy atom. The van der Waals surface area contributed by atoms with E-state index < -0.39 is 5.97 Å². The fourth-order valence-electron chi connectivity index (χ4n) is 4.58. The number of aliphatic carboxylic acids is 1. The van der Waals surface area contributed by atoms with Gasteiger partial charge in [0.1, 0.15) is 0 Å². The summed E-state index contributed by atoms with van der Waals surface area (Å²) in [6.07, 6.45) is 2.76. The first kappa shape index (κ1) is 20.8. The summed E-state index contributed by atoms with van der Waals surface area (Å²) in [6, 6.07) is 20.9. The molecule has 2 amide bonds. The molecule has 0 spiro atoms. The van der Waals surface area contributed by atoms with Crippen molar-refractivity contribution in [2.24, 2.45) is 0 Å². The molecule has 30 heavy (non-hydrogen) atoms. The molecule has 158 valence electrons. The minimum Gasteiger partial charge on any atom is -0.481 e. The van der Waals surface area contributed by atoms with Crippen LogP contribution < -0.4 is 0 Å². The van der Waals surface area contributed by atoms with Crippen LogP contribution in [0.1, 0.15) is 36.8 Å². The van der Waals surface area contributed by atoms with Crippen LogP contribution >= 0.6 is 11.8 Å². The van der Waals surface area contributed by atoms with E-state index in [-0.39, 0.29) is 24.5 Å². The minimum absolute atomic E-state index is 0.119. The fourth-order valence-corrected chi connectivity index (χ4v) is 6.26. The van der Waals surface area contributed by atoms with Gasteiger partial charge in [-0.2, -0.15) is 11.8 Å². The molecule has 0 bridgehead atoms. The molecule has 2 aliphatic rings. The number of unbranched alkanes of at least 4 members (excludes halogenated alkanes) is 1. The van der Waals surface area contributed by atoms with Gasteiger partial charge < -0.3 is 14.9 Å². The first-order chi connectivity index (χ1) is 14.6. The molecule has 0 aromatic heterocycles. The lowest BCUT2D eigenvalue weighted by molar-refractivity contribution is -0.137. The summed E-state index contributed by atoms with van der Waals surface area (Å²) in [5.74, 6) is 0.209. The van der Waals surface area contributed by atoms with Gasteiger partial charge >= 0.3 is 12.0 Å². The number of rotatable bonds is 9. The van der Waals surface area contributed by atoms with Gasteiger partial charge in [0.15, 0.2) is 0 Å². The van der Waals surface area contributed by atoms with Crippen LogP contribution in [0.15, 0.2) is 60.7 Å². The van der Waals surface area contributed by atoms with Crippen molar-refractivity contribution in [2.75, 3.05) is 5.75 Å². The second-order valence-corrected chi connectivity index (χ2v) is 9.35. The number of carbonyl (C=O) groups excluding carboxylic acids is 1. The first-order valence-electron chi connectivity index (χ1n) is 10.6. The number of fused-ring (bicyclic) bond motifs is 1. The van der Waals surface area contributed by atoms with Gasteiger partial charge in [-0.25, -0.2) is 4.79 Å². The Bertz CT molecular complexity index is 861. The predicted molar refractivity (Wildman–Crippen MR) is 119 cm³/mol. The molecule has 2 aliphatic heterocycles. The molecule has 0 saturated carbocycles. The number of hydrogen-bond acceptors (Lipinski definition) is 3. The van der Waals surface area contributed by atoms with Crippen LogP contribution in [0.25, 0.3) is 0 Å². The molecule has 2 saturated heterocycles. The van der Waals surface area contributed by atoms with Gasteiger partial charge in [0.2, 0.25) is 0 Å². The monoisotopic (exact) mass is 424 g/mol. The SMILES string of the molecule is O=C(O)CCCC[C@@H]1SC[C@H]2[C@@H]1N(Cc1ccccc1)C(=O)N2Cc1ccccc1. The molecule has 3 atom stereocenters. The second kappa shape index (κ2) is 9.56. The Morgan fingerprint density at radius 1 is 0.933 bits per heavy atom. The van der Waals surface area contributed by atoms with E-state index in [4.69, 9.17) is 5.11 Å². The lowest BCUT2D eigenvalue weighted by atomic mass is 10.0. The summed E-state index contributed by atoms with van der Waals surface area (Å²) < 4.78 is 0. The Hall–Kier alpha value is -2.47. The van der Waals surface area contributed by atoms with Crippen LogP contribution in [0.3, 0.4) is 0 Å². The van der Waals surface area contributed by atoms with Crippen LogP contribution in [0.4, 0.5) is 4.79 Å². The molecular formula is C24H28N2O3S. The van der Waals surface area contributed by atoms with Gasteiger partial charge in [0, 0.05) is 30.5 Å². The van der Waals surface area contributed by atoms with Crippen molar-refractivity contribution in [1.82, 2.24) is 9.80 Å². The maximum Gasteiger partial charge on any atom is 0.321 e. The average molecular weight is 425 g/mol. The van der Waals surface area contributed by atoms with Crippen molar-refractivity contribution in [1.29, 1.82) is 0 Å². The molecule has 2 aromatic carbocycles. The molecular weight excluding hydrogens is 396 g/mol. The third kappa shape index (κ3) is 4.64. The maximum atomic E-state index is 13.5. The number of thioether (sulfide) groups is 1. The highest BCUT2D eigenvalue weighted by molar-refractivity contribution is 8.00. The standard InChI is InChI=1S/C24H28N2O3S/c27-22(28)14-8-7-13-21-23-20(17-30-21)25(15-18-9-3-1-4-10-18)24(29)26(23)16-19-11-5-2-6-12-19/h1-6,9-12,20-21,23H,7-8,13-17H2,(H,27,28)/t20-,21-,23-/m0/s1. The number of carboxylic acid groups (broad SMARTS) is 1. The van der Waals surface area contributed by atoms with Crippen molar-refractivity contribution < 1.29 is 14.7 Å². The number of benzene rings is 2. The van der Waals surface area contributed by atoms with Crippen LogP contribution in [-0.2, 0) is 17.9 Å². The average Bonchev–Trinajstić information content (AvgIpc) is 3.27. The van der Waals surface area contributed by atoms with E-state index in [9.17, 15) is 9.59 Å². The largest absolute Gasteiger partial charge is 0.481 e. The Balaban J connectivity index is 1.51. The number of carbonyl (C=O) groups is 2. The molecule has 5 nitrogen and oxygen atoms in total. The highest BCUT2D eigenvalue weighted by Gasteiger charge is 2.52. The van der Waals surface area contributed by atoms with E-state index in [2.05, 4.69) is 29.2 Å². The highest BCUT2D eigenvalue weighted by Crippen LogP contribution is 2.42. The van der Waals surface area contributed by atoms with Gasteiger partial charge in [0.25, 0.3) is 0 Å². The zero-order chi connectivity index (χ0) is 20.9. The zero-order valence-electron chi connectivity index (χ0n) is 17.0. The minimum atomic E-state index is -0.734. The summed E-state index contributed by atoms with van der Waals surface area (Å²) >= 11 is 1.94. The quantitative estimate of drug-likeness (QED) is 0.471. The van der Waals surface area contributed by atoms with E-state index >= 15 is 0 Å². The van der Waals surface area contributed by atoms with Gasteiger partial charge in [-0.15, -0.1) is 0 Å². The zero-order valence-corrected chi connectivity index (χ0v) is 17.8. The van der Waals surface area contributed by atoms with E-state index in [0.29, 0.717) is 24.8 Å². The first-order valence-corrected chi connectivity index (χ1v) is 11.7. The van der Waals surface area contributed by atoms with E-state index in [1.165, 1.54) is 0 Å². The topological polar surface area (TPSA) is 60.9 Å². The lowest BCUT2D eigenvalue weighted by Gasteiger charge is -2.27. The van der Waals surface area contributed by atoms with Gasteiger partial charge in [-0.3, -0.25) is 4.79 Å². The molecule has 2 aromatic rings. The van der Waals surface area contributed by atoms with Gasteiger partial charge in [-0.05, 0) is 24.0 Å². The van der Waals surface area contributed by atoms with Crippen molar-refractivity contribution in [3.05, 3.63) is 71.8 Å². The third-order valence-electron chi connectivity index (χ3n) is 6.03. The Morgan fingerprint density at radius 3 is 2.13 bits per heavy atom. The number of nitrogens with zero attached hydrogens (tertiary/aromatic N) is 2. The summed E-state index contributed by atoms with van der Waals surface area (Å²) in [5.41, 5.74) is 2.30. The molecule has 0 unspecified atom stereocenters. The Labute approximate surface area is 182 Å². The number of carboxylic acids is 1. The molecule has 1 N–H and O–H groups in total. The number of amides is 2. The molecule has 2 fully saturated rings. The number of hydrogen-bond donors (Lipinski definition) is 1.